The fourth-order valence-electron chi connectivity index (χ4n) is 1.64. The van der Waals surface area contributed by atoms with E-state index in [0.717, 1.165) is 11.9 Å². The van der Waals surface area contributed by atoms with Crippen molar-refractivity contribution in [2.75, 3.05) is 26.5 Å². The van der Waals surface area contributed by atoms with Crippen molar-refractivity contribution in [3.05, 3.63) is 0 Å². The van der Waals surface area contributed by atoms with Crippen LogP contribution in [0, 0.1) is 0 Å². The minimum atomic E-state index is 0.542. The average Bonchev–Trinajstić information content (AvgIpc) is 2.15. The lowest BCUT2D eigenvalue weighted by atomic mass is 10.1. The van der Waals surface area contributed by atoms with Crippen LogP contribution < -0.4 is 5.32 Å². The zero-order valence-corrected chi connectivity index (χ0v) is 8.82. The number of likely N-dealkylation sites (N-methyl/N-ethyl adjacent to an activating group) is 1. The zero-order valence-electron chi connectivity index (χ0n) is 8.01. The molecule has 1 rings (SSSR count). The Labute approximate surface area is 79.4 Å². The summed E-state index contributed by atoms with van der Waals surface area (Å²) in [6, 6.07) is 0.542. The maximum absolute atomic E-state index is 5.17. The number of thioether (sulfide) groups is 1. The van der Waals surface area contributed by atoms with Gasteiger partial charge in [-0.1, -0.05) is 6.42 Å². The molecule has 2 nitrogen and oxygen atoms in total. The molecule has 0 bridgehead atoms. The van der Waals surface area contributed by atoms with Crippen molar-refractivity contribution in [2.24, 2.45) is 0 Å². The molecule has 0 amide bonds. The minimum Gasteiger partial charge on any atom is -0.383 e. The van der Waals surface area contributed by atoms with Gasteiger partial charge in [0.15, 0.2) is 0 Å². The summed E-state index contributed by atoms with van der Waals surface area (Å²) in [6.45, 7) is 0.841. The van der Waals surface area contributed by atoms with Gasteiger partial charge in [-0.2, -0.15) is 11.8 Å². The predicted octanol–water partition coefficient (Wildman–Crippen LogP) is 1.51. The van der Waals surface area contributed by atoms with Crippen LogP contribution in [0.1, 0.15) is 19.3 Å². The molecule has 2 unspecified atom stereocenters. The molecule has 0 spiro atoms. The van der Waals surface area contributed by atoms with Crippen molar-refractivity contribution in [1.82, 2.24) is 5.32 Å². The Hall–Kier alpha value is 0.270. The van der Waals surface area contributed by atoms with Gasteiger partial charge < -0.3 is 10.1 Å². The highest BCUT2D eigenvalue weighted by atomic mass is 32.2. The van der Waals surface area contributed by atoms with Gasteiger partial charge >= 0.3 is 0 Å². The van der Waals surface area contributed by atoms with E-state index in [-0.39, 0.29) is 0 Å². The smallest absolute Gasteiger partial charge is 0.0626 e. The second-order valence-corrected chi connectivity index (χ2v) is 4.60. The molecule has 0 aliphatic carbocycles. The SMILES string of the molecule is CNC(COC)C1CCCCS1. The van der Waals surface area contributed by atoms with E-state index < -0.39 is 0 Å². The molecule has 1 heterocycles. The molecule has 0 aromatic heterocycles. The molecule has 0 radical (unpaired) electrons. The lowest BCUT2D eigenvalue weighted by Crippen LogP contribution is -2.40. The first-order valence-electron chi connectivity index (χ1n) is 4.66. The summed E-state index contributed by atoms with van der Waals surface area (Å²) in [4.78, 5) is 0. The third-order valence-electron chi connectivity index (χ3n) is 2.38. The standard InChI is InChI=1S/C9H19NOS/c1-10-8(7-11-2)9-5-3-4-6-12-9/h8-10H,3-7H2,1-2H3. The van der Waals surface area contributed by atoms with Gasteiger partial charge in [-0.25, -0.2) is 0 Å². The summed E-state index contributed by atoms with van der Waals surface area (Å²) in [5, 5.41) is 4.09. The van der Waals surface area contributed by atoms with Crippen LogP contribution in [0.15, 0.2) is 0 Å². The van der Waals surface area contributed by atoms with Crippen LogP contribution in [0.5, 0.6) is 0 Å². The molecule has 2 atom stereocenters. The molecule has 0 saturated carbocycles. The lowest BCUT2D eigenvalue weighted by molar-refractivity contribution is 0.166. The summed E-state index contributed by atoms with van der Waals surface area (Å²) in [5.74, 6) is 1.33. The van der Waals surface area contributed by atoms with Crippen LogP contribution in [0.3, 0.4) is 0 Å². The third-order valence-corrected chi connectivity index (χ3v) is 3.90. The first-order chi connectivity index (χ1) is 5.88. The Kier molecular flexibility index (Phi) is 5.04. The Bertz CT molecular complexity index is 112. The second-order valence-electron chi connectivity index (χ2n) is 3.26. The van der Waals surface area contributed by atoms with Gasteiger partial charge in [-0.3, -0.25) is 0 Å². The molecule has 1 saturated heterocycles. The average molecular weight is 189 g/mol. The number of ether oxygens (including phenoxy) is 1. The van der Waals surface area contributed by atoms with E-state index in [0.29, 0.717) is 6.04 Å². The van der Waals surface area contributed by atoms with E-state index in [2.05, 4.69) is 17.1 Å². The molecule has 1 fully saturated rings. The van der Waals surface area contributed by atoms with Crippen LogP contribution in [-0.4, -0.2) is 37.8 Å². The van der Waals surface area contributed by atoms with Crippen LogP contribution >= 0.6 is 11.8 Å². The van der Waals surface area contributed by atoms with Gasteiger partial charge in [0.25, 0.3) is 0 Å². The fourth-order valence-corrected chi connectivity index (χ4v) is 3.09. The molecular formula is C9H19NOS. The van der Waals surface area contributed by atoms with Gasteiger partial charge in [-0.05, 0) is 25.6 Å². The lowest BCUT2D eigenvalue weighted by Gasteiger charge is -2.28. The summed E-state index contributed by atoms with van der Waals surface area (Å²) >= 11 is 2.09. The topological polar surface area (TPSA) is 21.3 Å². The Balaban J connectivity index is 2.29. The van der Waals surface area contributed by atoms with Crippen molar-refractivity contribution in [1.29, 1.82) is 0 Å². The quantitative estimate of drug-likeness (QED) is 0.724. The first-order valence-corrected chi connectivity index (χ1v) is 5.71. The van der Waals surface area contributed by atoms with Gasteiger partial charge in [0, 0.05) is 18.4 Å². The van der Waals surface area contributed by atoms with Gasteiger partial charge in [0.2, 0.25) is 0 Å². The number of hydrogen-bond donors (Lipinski definition) is 1. The minimum absolute atomic E-state index is 0.542. The van der Waals surface area contributed by atoms with Crippen LogP contribution in [0.2, 0.25) is 0 Å². The Morgan fingerprint density at radius 2 is 2.42 bits per heavy atom. The highest BCUT2D eigenvalue weighted by Crippen LogP contribution is 2.27. The first kappa shape index (κ1) is 10.4. The zero-order chi connectivity index (χ0) is 8.81. The van der Waals surface area contributed by atoms with Gasteiger partial charge in [0.1, 0.15) is 0 Å². The van der Waals surface area contributed by atoms with Crippen molar-refractivity contribution in [3.63, 3.8) is 0 Å². The number of hydrogen-bond acceptors (Lipinski definition) is 3. The van der Waals surface area contributed by atoms with E-state index in [1.165, 1.54) is 25.0 Å². The molecule has 72 valence electrons. The fraction of sp³-hybridized carbons (Fsp3) is 1.00. The molecule has 1 N–H and O–H groups in total. The molecule has 1 aliphatic heterocycles. The van der Waals surface area contributed by atoms with Crippen LogP contribution in [-0.2, 0) is 4.74 Å². The van der Waals surface area contributed by atoms with Crippen molar-refractivity contribution in [3.8, 4) is 0 Å². The summed E-state index contributed by atoms with van der Waals surface area (Å²) in [7, 11) is 3.80. The summed E-state index contributed by atoms with van der Waals surface area (Å²) in [5.41, 5.74) is 0. The second kappa shape index (κ2) is 5.84. The molecule has 3 heteroatoms. The maximum Gasteiger partial charge on any atom is 0.0626 e. The van der Waals surface area contributed by atoms with E-state index in [9.17, 15) is 0 Å². The number of nitrogens with one attached hydrogen (secondary N) is 1. The van der Waals surface area contributed by atoms with Gasteiger partial charge in [-0.15, -0.1) is 0 Å². The molecule has 0 aromatic carbocycles. The van der Waals surface area contributed by atoms with Crippen LogP contribution in [0.25, 0.3) is 0 Å². The maximum atomic E-state index is 5.17. The monoisotopic (exact) mass is 189 g/mol. The highest BCUT2D eigenvalue weighted by molar-refractivity contribution is 8.00. The van der Waals surface area contributed by atoms with E-state index >= 15 is 0 Å². The van der Waals surface area contributed by atoms with Crippen molar-refractivity contribution in [2.45, 2.75) is 30.6 Å². The largest absolute Gasteiger partial charge is 0.383 e. The Morgan fingerprint density at radius 1 is 1.58 bits per heavy atom. The van der Waals surface area contributed by atoms with Crippen LogP contribution in [0.4, 0.5) is 0 Å². The molecule has 0 aromatic rings. The summed E-state index contributed by atoms with van der Waals surface area (Å²) in [6.07, 6.45) is 4.13. The summed E-state index contributed by atoms with van der Waals surface area (Å²) < 4.78 is 5.17. The van der Waals surface area contributed by atoms with Crippen molar-refractivity contribution < 1.29 is 4.74 Å². The molecule has 12 heavy (non-hydrogen) atoms. The highest BCUT2D eigenvalue weighted by Gasteiger charge is 2.22. The number of methoxy groups -OCH3 is 1. The molecule has 1 aliphatic rings. The Morgan fingerprint density at radius 3 is 2.92 bits per heavy atom. The van der Waals surface area contributed by atoms with Crippen molar-refractivity contribution >= 4 is 11.8 Å². The van der Waals surface area contributed by atoms with E-state index in [4.69, 9.17) is 4.74 Å². The molecular weight excluding hydrogens is 170 g/mol. The number of rotatable bonds is 4. The van der Waals surface area contributed by atoms with E-state index in [1.807, 2.05) is 7.05 Å². The normalized spacial score (nSPS) is 27.0. The van der Waals surface area contributed by atoms with Gasteiger partial charge in [0.05, 0.1) is 6.61 Å². The predicted molar refractivity (Wildman–Crippen MR) is 54.8 cm³/mol. The van der Waals surface area contributed by atoms with E-state index in [1.54, 1.807) is 7.11 Å². The third kappa shape index (κ3) is 2.96.